The summed E-state index contributed by atoms with van der Waals surface area (Å²) in [7, 11) is 0. The molecule has 0 atom stereocenters. The number of rotatable bonds is 2. The van der Waals surface area contributed by atoms with Gasteiger partial charge in [-0.1, -0.05) is 6.07 Å². The number of nitrogens with zero attached hydrogens (tertiary/aromatic N) is 3. The molecule has 2 rings (SSSR count). The zero-order valence-corrected chi connectivity index (χ0v) is 7.59. The topological polar surface area (TPSA) is 64.7 Å². The highest BCUT2D eigenvalue weighted by atomic mass is 14.9. The van der Waals surface area contributed by atoms with E-state index in [1.54, 1.807) is 24.8 Å². The molecule has 2 aromatic rings. The van der Waals surface area contributed by atoms with Crippen molar-refractivity contribution in [3.8, 4) is 0 Å². The van der Waals surface area contributed by atoms with Crippen LogP contribution in [-0.4, -0.2) is 15.0 Å². The van der Waals surface area contributed by atoms with E-state index in [2.05, 4.69) is 15.0 Å². The highest BCUT2D eigenvalue weighted by molar-refractivity contribution is 5.36. The Kier molecular flexibility index (Phi) is 2.36. The van der Waals surface area contributed by atoms with Crippen LogP contribution in [0, 0.1) is 0 Å². The minimum absolute atomic E-state index is 0.483. The van der Waals surface area contributed by atoms with Crippen molar-refractivity contribution in [1.82, 2.24) is 15.0 Å². The molecule has 70 valence electrons. The van der Waals surface area contributed by atoms with Crippen LogP contribution in [0.1, 0.15) is 11.3 Å². The summed E-state index contributed by atoms with van der Waals surface area (Å²) in [5.41, 5.74) is 7.55. The van der Waals surface area contributed by atoms with E-state index >= 15 is 0 Å². The van der Waals surface area contributed by atoms with Crippen LogP contribution in [0.2, 0.25) is 0 Å². The zero-order valence-electron chi connectivity index (χ0n) is 7.59. The normalized spacial score (nSPS) is 10.0. The van der Waals surface area contributed by atoms with Gasteiger partial charge in [-0.05, 0) is 11.6 Å². The lowest BCUT2D eigenvalue weighted by atomic mass is 10.1. The average molecular weight is 186 g/mol. The van der Waals surface area contributed by atoms with Crippen LogP contribution >= 0.6 is 0 Å². The fourth-order valence-electron chi connectivity index (χ4n) is 1.21. The van der Waals surface area contributed by atoms with Crippen LogP contribution in [-0.2, 0) is 6.42 Å². The number of hydrogen-bond acceptors (Lipinski definition) is 4. The summed E-state index contributed by atoms with van der Waals surface area (Å²) >= 11 is 0. The molecule has 0 amide bonds. The summed E-state index contributed by atoms with van der Waals surface area (Å²) in [4.78, 5) is 12.1. The molecule has 2 N–H and O–H groups in total. The molecule has 4 nitrogen and oxygen atoms in total. The van der Waals surface area contributed by atoms with Crippen LogP contribution in [0.25, 0.3) is 0 Å². The molecule has 0 aliphatic carbocycles. The molecule has 0 bridgehead atoms. The maximum absolute atomic E-state index is 5.67. The van der Waals surface area contributed by atoms with Gasteiger partial charge in [0.1, 0.15) is 5.82 Å². The highest BCUT2D eigenvalue weighted by Crippen LogP contribution is 2.09. The van der Waals surface area contributed by atoms with Gasteiger partial charge in [-0.2, -0.15) is 0 Å². The second-order valence-corrected chi connectivity index (χ2v) is 2.93. The maximum Gasteiger partial charge on any atom is 0.145 e. The van der Waals surface area contributed by atoms with Gasteiger partial charge in [0.2, 0.25) is 0 Å². The molecule has 14 heavy (non-hydrogen) atoms. The molecule has 0 aliphatic rings. The van der Waals surface area contributed by atoms with E-state index in [0.717, 1.165) is 11.3 Å². The molecule has 0 spiro atoms. The molecule has 2 aromatic heterocycles. The van der Waals surface area contributed by atoms with Crippen molar-refractivity contribution in [2.24, 2.45) is 0 Å². The Bertz CT molecular complexity index is 413. The van der Waals surface area contributed by atoms with E-state index in [4.69, 9.17) is 5.73 Å². The van der Waals surface area contributed by atoms with Gasteiger partial charge in [0, 0.05) is 31.2 Å². The van der Waals surface area contributed by atoms with Crippen molar-refractivity contribution in [1.29, 1.82) is 0 Å². The Morgan fingerprint density at radius 3 is 2.71 bits per heavy atom. The molecule has 0 radical (unpaired) electrons. The molecule has 4 heteroatoms. The average Bonchev–Trinajstić information content (AvgIpc) is 2.23. The Morgan fingerprint density at radius 1 is 1.14 bits per heavy atom. The van der Waals surface area contributed by atoms with Crippen molar-refractivity contribution in [2.45, 2.75) is 6.42 Å². The number of pyridine rings is 1. The van der Waals surface area contributed by atoms with Crippen molar-refractivity contribution in [3.63, 3.8) is 0 Å². The molecular weight excluding hydrogens is 176 g/mol. The second-order valence-electron chi connectivity index (χ2n) is 2.93. The van der Waals surface area contributed by atoms with Gasteiger partial charge in [-0.25, -0.2) is 4.98 Å². The first-order valence-electron chi connectivity index (χ1n) is 4.30. The first-order chi connectivity index (χ1) is 6.86. The predicted octanol–water partition coefficient (Wildman–Crippen LogP) is 1.04. The maximum atomic E-state index is 5.67. The van der Waals surface area contributed by atoms with E-state index in [-0.39, 0.29) is 0 Å². The molecule has 2 heterocycles. The lowest BCUT2D eigenvalue weighted by Crippen LogP contribution is -2.01. The smallest absolute Gasteiger partial charge is 0.145 e. The summed E-state index contributed by atoms with van der Waals surface area (Å²) in [6.45, 7) is 0. The Morgan fingerprint density at radius 2 is 2.00 bits per heavy atom. The third kappa shape index (κ3) is 1.85. The zero-order chi connectivity index (χ0) is 9.80. The Labute approximate surface area is 81.9 Å². The van der Waals surface area contributed by atoms with Gasteiger partial charge in [-0.15, -0.1) is 0 Å². The molecule has 0 saturated heterocycles. The lowest BCUT2D eigenvalue weighted by Gasteiger charge is -2.02. The molecule has 0 fully saturated rings. The molecule has 0 aromatic carbocycles. The quantitative estimate of drug-likeness (QED) is 0.761. The standard InChI is InChI=1S/C10H10N4/c11-10-9(13-4-5-14-10)6-8-2-1-3-12-7-8/h1-5,7H,6H2,(H2,11,14). The van der Waals surface area contributed by atoms with E-state index in [1.807, 2.05) is 12.1 Å². The first-order valence-corrected chi connectivity index (χ1v) is 4.30. The molecule has 0 aliphatic heterocycles. The summed E-state index contributed by atoms with van der Waals surface area (Å²) in [6, 6.07) is 3.88. The molecular formula is C10H10N4. The highest BCUT2D eigenvalue weighted by Gasteiger charge is 2.01. The van der Waals surface area contributed by atoms with Crippen LogP contribution in [0.5, 0.6) is 0 Å². The van der Waals surface area contributed by atoms with Crippen molar-refractivity contribution in [2.75, 3.05) is 5.73 Å². The summed E-state index contributed by atoms with van der Waals surface area (Å²) in [6.07, 6.45) is 7.44. The predicted molar refractivity (Wildman–Crippen MR) is 53.5 cm³/mol. The minimum atomic E-state index is 0.483. The van der Waals surface area contributed by atoms with Crippen LogP contribution in [0.4, 0.5) is 5.82 Å². The second kappa shape index (κ2) is 3.83. The summed E-state index contributed by atoms with van der Waals surface area (Å²) in [5.74, 6) is 0.483. The van der Waals surface area contributed by atoms with E-state index in [9.17, 15) is 0 Å². The number of nitrogens with two attached hydrogens (primary N) is 1. The number of hydrogen-bond donors (Lipinski definition) is 1. The van der Waals surface area contributed by atoms with Crippen LogP contribution in [0.15, 0.2) is 36.9 Å². The first kappa shape index (κ1) is 8.62. The van der Waals surface area contributed by atoms with Crippen molar-refractivity contribution in [3.05, 3.63) is 48.2 Å². The van der Waals surface area contributed by atoms with Gasteiger partial charge in [0.25, 0.3) is 0 Å². The van der Waals surface area contributed by atoms with Crippen LogP contribution in [0.3, 0.4) is 0 Å². The minimum Gasteiger partial charge on any atom is -0.382 e. The van der Waals surface area contributed by atoms with E-state index in [0.29, 0.717) is 12.2 Å². The third-order valence-corrected chi connectivity index (χ3v) is 1.90. The van der Waals surface area contributed by atoms with Gasteiger partial charge in [0.15, 0.2) is 0 Å². The Hall–Kier alpha value is -1.97. The van der Waals surface area contributed by atoms with Gasteiger partial charge in [-0.3, -0.25) is 9.97 Å². The molecule has 0 saturated carbocycles. The number of nitrogen functional groups attached to an aromatic ring is 1. The van der Waals surface area contributed by atoms with Gasteiger partial charge in [0.05, 0.1) is 5.69 Å². The fraction of sp³-hybridized carbons (Fsp3) is 0.100. The van der Waals surface area contributed by atoms with Crippen LogP contribution < -0.4 is 5.73 Å². The lowest BCUT2D eigenvalue weighted by molar-refractivity contribution is 1.03. The summed E-state index contributed by atoms with van der Waals surface area (Å²) < 4.78 is 0. The third-order valence-electron chi connectivity index (χ3n) is 1.90. The number of aromatic nitrogens is 3. The monoisotopic (exact) mass is 186 g/mol. The van der Waals surface area contributed by atoms with E-state index < -0.39 is 0 Å². The van der Waals surface area contributed by atoms with Gasteiger partial charge < -0.3 is 5.73 Å². The largest absolute Gasteiger partial charge is 0.382 e. The summed E-state index contributed by atoms with van der Waals surface area (Å²) in [5, 5.41) is 0. The SMILES string of the molecule is Nc1nccnc1Cc1cccnc1. The van der Waals surface area contributed by atoms with Crippen molar-refractivity contribution < 1.29 is 0 Å². The molecule has 0 unspecified atom stereocenters. The fourth-order valence-corrected chi connectivity index (χ4v) is 1.21. The van der Waals surface area contributed by atoms with Gasteiger partial charge >= 0.3 is 0 Å². The van der Waals surface area contributed by atoms with E-state index in [1.165, 1.54) is 0 Å². The van der Waals surface area contributed by atoms with Crippen molar-refractivity contribution >= 4 is 5.82 Å². The Balaban J connectivity index is 2.24. The number of anilines is 1.